The van der Waals surface area contributed by atoms with Gasteiger partial charge in [-0.25, -0.2) is 8.42 Å². The quantitative estimate of drug-likeness (QED) is 0.881. The summed E-state index contributed by atoms with van der Waals surface area (Å²) in [7, 11) is -3.12. The maximum Gasteiger partial charge on any atom is 0.156 e. The van der Waals surface area contributed by atoms with Crippen molar-refractivity contribution in [1.82, 2.24) is 0 Å². The summed E-state index contributed by atoms with van der Waals surface area (Å²) in [6.45, 7) is 3.90. The molecule has 0 aliphatic heterocycles. The van der Waals surface area contributed by atoms with Crippen LogP contribution in [0.3, 0.4) is 0 Å². The van der Waals surface area contributed by atoms with E-state index >= 15 is 0 Å². The molecule has 4 nitrogen and oxygen atoms in total. The van der Waals surface area contributed by atoms with Crippen LogP contribution in [0, 0.1) is 11.3 Å². The number of rotatable bonds is 6. The molecule has 0 heterocycles. The molecule has 0 aliphatic rings. The SMILES string of the molecule is CC(C)S(=O)(=O)Cc1cccc(NCc2ccccc2C#N)c1. The molecule has 0 fully saturated rings. The van der Waals surface area contributed by atoms with Gasteiger partial charge in [0.1, 0.15) is 0 Å². The number of nitrogens with zero attached hydrogens (tertiary/aromatic N) is 1. The second-order valence-electron chi connectivity index (χ2n) is 5.68. The molecule has 0 radical (unpaired) electrons. The van der Waals surface area contributed by atoms with E-state index in [1.165, 1.54) is 0 Å². The second kappa shape index (κ2) is 7.30. The van der Waals surface area contributed by atoms with Gasteiger partial charge in [-0.1, -0.05) is 30.3 Å². The highest BCUT2D eigenvalue weighted by molar-refractivity contribution is 7.91. The molecule has 2 rings (SSSR count). The summed E-state index contributed by atoms with van der Waals surface area (Å²) in [4.78, 5) is 0. The summed E-state index contributed by atoms with van der Waals surface area (Å²) in [5.41, 5.74) is 3.15. The van der Waals surface area contributed by atoms with Crippen molar-refractivity contribution in [2.24, 2.45) is 0 Å². The van der Waals surface area contributed by atoms with Crippen LogP contribution in [-0.4, -0.2) is 13.7 Å². The van der Waals surface area contributed by atoms with Crippen LogP contribution < -0.4 is 5.32 Å². The van der Waals surface area contributed by atoms with Crippen LogP contribution in [0.2, 0.25) is 0 Å². The molecule has 0 saturated heterocycles. The highest BCUT2D eigenvalue weighted by atomic mass is 32.2. The van der Waals surface area contributed by atoms with Crippen LogP contribution in [0.15, 0.2) is 48.5 Å². The van der Waals surface area contributed by atoms with Crippen LogP contribution >= 0.6 is 0 Å². The predicted octanol–water partition coefficient (Wildman–Crippen LogP) is 3.49. The average Bonchev–Trinajstić information content (AvgIpc) is 2.53. The minimum atomic E-state index is -3.12. The van der Waals surface area contributed by atoms with E-state index in [4.69, 9.17) is 5.26 Å². The molecular formula is C18H20N2O2S. The van der Waals surface area contributed by atoms with Crippen molar-refractivity contribution in [2.75, 3.05) is 5.32 Å². The molecule has 1 N–H and O–H groups in total. The van der Waals surface area contributed by atoms with Gasteiger partial charge in [-0.2, -0.15) is 5.26 Å². The van der Waals surface area contributed by atoms with Gasteiger partial charge >= 0.3 is 0 Å². The summed E-state index contributed by atoms with van der Waals surface area (Å²) in [5.74, 6) is 0.0367. The zero-order valence-electron chi connectivity index (χ0n) is 13.3. The normalized spacial score (nSPS) is 11.2. The van der Waals surface area contributed by atoms with Gasteiger partial charge in [-0.15, -0.1) is 0 Å². The second-order valence-corrected chi connectivity index (χ2v) is 8.24. The number of anilines is 1. The molecule has 0 saturated carbocycles. The Morgan fingerprint density at radius 1 is 1.13 bits per heavy atom. The largest absolute Gasteiger partial charge is 0.381 e. The average molecular weight is 328 g/mol. The predicted molar refractivity (Wildman–Crippen MR) is 92.7 cm³/mol. The third-order valence-corrected chi connectivity index (χ3v) is 5.81. The van der Waals surface area contributed by atoms with Crippen LogP contribution in [0.4, 0.5) is 5.69 Å². The van der Waals surface area contributed by atoms with Crippen molar-refractivity contribution >= 4 is 15.5 Å². The number of hydrogen-bond acceptors (Lipinski definition) is 4. The Bertz CT molecular complexity index is 821. The van der Waals surface area contributed by atoms with Crippen molar-refractivity contribution in [1.29, 1.82) is 5.26 Å². The van der Waals surface area contributed by atoms with E-state index in [1.807, 2.05) is 42.5 Å². The smallest absolute Gasteiger partial charge is 0.156 e. The Morgan fingerprint density at radius 3 is 2.57 bits per heavy atom. The van der Waals surface area contributed by atoms with E-state index < -0.39 is 9.84 Å². The fourth-order valence-electron chi connectivity index (χ4n) is 2.15. The van der Waals surface area contributed by atoms with Crippen molar-refractivity contribution in [3.05, 3.63) is 65.2 Å². The highest BCUT2D eigenvalue weighted by Gasteiger charge is 2.16. The number of hydrogen-bond donors (Lipinski definition) is 1. The van der Waals surface area contributed by atoms with Crippen LogP contribution in [0.25, 0.3) is 0 Å². The standard InChI is InChI=1S/C18H20N2O2S/c1-14(2)23(21,22)13-15-6-5-9-18(10-15)20-12-17-8-4-3-7-16(17)11-19/h3-10,14,20H,12-13H2,1-2H3. The van der Waals surface area contributed by atoms with Gasteiger partial charge < -0.3 is 5.32 Å². The topological polar surface area (TPSA) is 70.0 Å². The molecule has 0 spiro atoms. The molecule has 5 heteroatoms. The van der Waals surface area contributed by atoms with Crippen LogP contribution in [0.1, 0.15) is 30.5 Å². The monoisotopic (exact) mass is 328 g/mol. The first-order chi connectivity index (χ1) is 10.9. The lowest BCUT2D eigenvalue weighted by atomic mass is 10.1. The number of nitriles is 1. The molecule has 0 amide bonds. The first-order valence-corrected chi connectivity index (χ1v) is 9.16. The molecule has 0 aliphatic carbocycles. The maximum absolute atomic E-state index is 12.0. The van der Waals surface area contributed by atoms with E-state index in [9.17, 15) is 8.42 Å². The Balaban J connectivity index is 2.11. The third-order valence-electron chi connectivity index (χ3n) is 3.63. The van der Waals surface area contributed by atoms with Crippen molar-refractivity contribution in [3.8, 4) is 6.07 Å². The van der Waals surface area contributed by atoms with Crippen LogP contribution in [0.5, 0.6) is 0 Å². The molecule has 2 aromatic rings. The van der Waals surface area contributed by atoms with E-state index in [0.29, 0.717) is 12.1 Å². The molecule has 0 unspecified atom stereocenters. The fourth-order valence-corrected chi connectivity index (χ4v) is 3.13. The number of nitrogens with one attached hydrogen (secondary N) is 1. The lowest BCUT2D eigenvalue weighted by Gasteiger charge is -2.11. The van der Waals surface area contributed by atoms with E-state index in [2.05, 4.69) is 11.4 Å². The molecule has 120 valence electrons. The number of sulfone groups is 1. The zero-order valence-corrected chi connectivity index (χ0v) is 14.1. The summed E-state index contributed by atoms with van der Waals surface area (Å²) < 4.78 is 24.0. The molecular weight excluding hydrogens is 308 g/mol. The summed E-state index contributed by atoms with van der Waals surface area (Å²) in [5, 5.41) is 12.0. The van der Waals surface area contributed by atoms with E-state index in [-0.39, 0.29) is 11.0 Å². The molecule has 0 aromatic heterocycles. The third kappa shape index (κ3) is 4.57. The lowest BCUT2D eigenvalue weighted by Crippen LogP contribution is -2.16. The van der Waals surface area contributed by atoms with E-state index in [0.717, 1.165) is 16.8 Å². The van der Waals surface area contributed by atoms with Gasteiger partial charge in [0.05, 0.1) is 22.6 Å². The summed E-state index contributed by atoms with van der Waals surface area (Å²) in [6, 6.07) is 17.0. The fraction of sp³-hybridized carbons (Fsp3) is 0.278. The molecule has 0 atom stereocenters. The Hall–Kier alpha value is -2.32. The van der Waals surface area contributed by atoms with Gasteiger partial charge in [0, 0.05) is 12.2 Å². The van der Waals surface area contributed by atoms with E-state index in [1.54, 1.807) is 19.9 Å². The summed E-state index contributed by atoms with van der Waals surface area (Å²) in [6.07, 6.45) is 0. The minimum absolute atomic E-state index is 0.0367. The minimum Gasteiger partial charge on any atom is -0.381 e. The molecule has 2 aromatic carbocycles. The van der Waals surface area contributed by atoms with Crippen LogP contribution in [-0.2, 0) is 22.1 Å². The van der Waals surface area contributed by atoms with Crippen molar-refractivity contribution < 1.29 is 8.42 Å². The lowest BCUT2D eigenvalue weighted by molar-refractivity contribution is 0.586. The van der Waals surface area contributed by atoms with Gasteiger partial charge in [0.2, 0.25) is 0 Å². The Labute approximate surface area is 137 Å². The molecule has 23 heavy (non-hydrogen) atoms. The Kier molecular flexibility index (Phi) is 5.41. The van der Waals surface area contributed by atoms with Gasteiger partial charge in [-0.3, -0.25) is 0 Å². The zero-order chi connectivity index (χ0) is 16.9. The van der Waals surface area contributed by atoms with Gasteiger partial charge in [0.15, 0.2) is 9.84 Å². The first-order valence-electron chi connectivity index (χ1n) is 7.45. The highest BCUT2D eigenvalue weighted by Crippen LogP contribution is 2.17. The summed E-state index contributed by atoms with van der Waals surface area (Å²) >= 11 is 0. The first kappa shape index (κ1) is 17.0. The van der Waals surface area contributed by atoms with Gasteiger partial charge in [-0.05, 0) is 43.2 Å². The number of benzene rings is 2. The molecule has 0 bridgehead atoms. The van der Waals surface area contributed by atoms with Crippen molar-refractivity contribution in [3.63, 3.8) is 0 Å². The van der Waals surface area contributed by atoms with Gasteiger partial charge in [0.25, 0.3) is 0 Å². The Morgan fingerprint density at radius 2 is 1.87 bits per heavy atom. The van der Waals surface area contributed by atoms with Crippen molar-refractivity contribution in [2.45, 2.75) is 31.4 Å². The maximum atomic E-state index is 12.0.